The molecule has 1 atom stereocenters. The first kappa shape index (κ1) is 23.2. The van der Waals surface area contributed by atoms with Gasteiger partial charge in [0.25, 0.3) is 0 Å². The highest BCUT2D eigenvalue weighted by atomic mass is 19.1. The number of halogens is 1. The van der Waals surface area contributed by atoms with Gasteiger partial charge in [0.1, 0.15) is 11.5 Å². The molecule has 0 fully saturated rings. The van der Waals surface area contributed by atoms with E-state index in [9.17, 15) is 19.1 Å². The number of carboxylic acid groups (broad SMARTS) is 1. The number of carbonyl (C=O) groups is 2. The number of fused-ring (bicyclic) bond motifs is 1. The van der Waals surface area contributed by atoms with E-state index in [4.69, 9.17) is 0 Å². The number of nitrogens with zero attached hydrogens (tertiary/aromatic N) is 1. The van der Waals surface area contributed by atoms with Crippen molar-refractivity contribution in [3.63, 3.8) is 0 Å². The Labute approximate surface area is 207 Å². The summed E-state index contributed by atoms with van der Waals surface area (Å²) in [5, 5.41) is 10.3. The summed E-state index contributed by atoms with van der Waals surface area (Å²) in [5.74, 6) is -2.58. The summed E-state index contributed by atoms with van der Waals surface area (Å²) in [6.07, 6.45) is 4.01. The monoisotopic (exact) mass is 478 g/mol. The lowest BCUT2D eigenvalue weighted by molar-refractivity contribution is -0.116. The number of carbonyl (C=O) groups excluding carboxylic acids is 1. The van der Waals surface area contributed by atoms with Crippen LogP contribution in [-0.4, -0.2) is 28.1 Å². The Morgan fingerprint density at radius 1 is 1.03 bits per heavy atom. The third-order valence-corrected chi connectivity index (χ3v) is 6.50. The summed E-state index contributed by atoms with van der Waals surface area (Å²) >= 11 is 0. The number of hydrogen-bond donors (Lipinski definition) is 2. The van der Waals surface area contributed by atoms with Crippen LogP contribution >= 0.6 is 0 Å². The highest BCUT2D eigenvalue weighted by Crippen LogP contribution is 2.32. The molecule has 5 rings (SSSR count). The number of ketones is 1. The molecule has 0 aliphatic heterocycles. The molecule has 1 heterocycles. The average Bonchev–Trinajstić information content (AvgIpc) is 3.24. The molecule has 0 radical (unpaired) electrons. The molecule has 0 saturated heterocycles. The van der Waals surface area contributed by atoms with Gasteiger partial charge < -0.3 is 10.1 Å². The van der Waals surface area contributed by atoms with Crippen molar-refractivity contribution >= 4 is 28.9 Å². The number of benzene rings is 3. The topological polar surface area (TPSA) is 82.5 Å². The Morgan fingerprint density at radius 2 is 1.83 bits per heavy atom. The summed E-state index contributed by atoms with van der Waals surface area (Å²) in [7, 11) is 0. The molecule has 5 nitrogen and oxygen atoms in total. The first-order valence-electron chi connectivity index (χ1n) is 11.5. The maximum atomic E-state index is 14.6. The maximum absolute atomic E-state index is 14.6. The van der Waals surface area contributed by atoms with Gasteiger partial charge in [-0.3, -0.25) is 9.79 Å². The van der Waals surface area contributed by atoms with E-state index in [0.29, 0.717) is 16.8 Å². The Kier molecular flexibility index (Phi) is 5.94. The number of aryl methyl sites for hydroxylation is 2. The second-order valence-corrected chi connectivity index (χ2v) is 8.87. The van der Waals surface area contributed by atoms with Crippen LogP contribution in [0.5, 0.6) is 0 Å². The zero-order chi connectivity index (χ0) is 25.4. The fourth-order valence-electron chi connectivity index (χ4n) is 4.42. The molecule has 178 valence electrons. The van der Waals surface area contributed by atoms with E-state index in [1.54, 1.807) is 24.4 Å². The SMILES string of the molecule is Cc1ccc(C2C=C(F)C=C(N=Cc3c(-c4cccc(C(=O)O)c4)[nH]c4ccccc34)C2=O)cc1C. The van der Waals surface area contributed by atoms with Gasteiger partial charge in [-0.1, -0.05) is 48.5 Å². The predicted octanol–water partition coefficient (Wildman–Crippen LogP) is 6.67. The number of carboxylic acids is 1. The third kappa shape index (κ3) is 4.29. The molecule has 4 aromatic rings. The molecule has 6 heteroatoms. The third-order valence-electron chi connectivity index (χ3n) is 6.50. The first-order chi connectivity index (χ1) is 17.3. The van der Waals surface area contributed by atoms with Crippen molar-refractivity contribution in [3.05, 3.63) is 118 Å². The Morgan fingerprint density at radius 3 is 2.61 bits per heavy atom. The molecule has 3 aromatic carbocycles. The van der Waals surface area contributed by atoms with Crippen LogP contribution in [0.2, 0.25) is 0 Å². The average molecular weight is 479 g/mol. The number of para-hydroxylation sites is 1. The van der Waals surface area contributed by atoms with Crippen LogP contribution in [0.4, 0.5) is 4.39 Å². The summed E-state index contributed by atoms with van der Waals surface area (Å²) < 4.78 is 14.6. The van der Waals surface area contributed by atoms with Crippen molar-refractivity contribution in [2.75, 3.05) is 0 Å². The zero-order valence-electron chi connectivity index (χ0n) is 19.7. The van der Waals surface area contributed by atoms with Crippen molar-refractivity contribution in [3.8, 4) is 11.3 Å². The summed E-state index contributed by atoms with van der Waals surface area (Å²) in [4.78, 5) is 32.6. The van der Waals surface area contributed by atoms with E-state index < -0.39 is 17.7 Å². The van der Waals surface area contributed by atoms with Crippen LogP contribution in [0.15, 0.2) is 95.4 Å². The molecule has 0 amide bonds. The number of aromatic nitrogens is 1. The molecule has 1 unspecified atom stereocenters. The summed E-state index contributed by atoms with van der Waals surface area (Å²) in [6, 6.07) is 19.8. The Hall–Kier alpha value is -4.58. The van der Waals surface area contributed by atoms with E-state index in [2.05, 4.69) is 9.98 Å². The number of H-pyrrole nitrogens is 1. The lowest BCUT2D eigenvalue weighted by Gasteiger charge is -2.17. The normalized spacial score (nSPS) is 15.9. The van der Waals surface area contributed by atoms with Crippen LogP contribution in [0.25, 0.3) is 22.2 Å². The van der Waals surface area contributed by atoms with Gasteiger partial charge in [-0.05, 0) is 60.4 Å². The summed E-state index contributed by atoms with van der Waals surface area (Å²) in [5.41, 5.74) is 5.86. The number of allylic oxidation sites excluding steroid dienone is 4. The molecule has 1 aliphatic carbocycles. The van der Waals surface area contributed by atoms with Crippen molar-refractivity contribution in [2.24, 2.45) is 4.99 Å². The fourth-order valence-corrected chi connectivity index (χ4v) is 4.42. The van der Waals surface area contributed by atoms with E-state index in [1.807, 2.05) is 56.3 Å². The second-order valence-electron chi connectivity index (χ2n) is 8.87. The molecule has 2 N–H and O–H groups in total. The van der Waals surface area contributed by atoms with E-state index in [1.165, 1.54) is 12.1 Å². The molecule has 0 spiro atoms. The Balaban J connectivity index is 1.56. The molecular formula is C30H23FN2O3. The van der Waals surface area contributed by atoms with Gasteiger partial charge in [0.2, 0.25) is 0 Å². The van der Waals surface area contributed by atoms with Gasteiger partial charge in [-0.25, -0.2) is 9.18 Å². The van der Waals surface area contributed by atoms with Crippen molar-refractivity contribution in [1.82, 2.24) is 4.98 Å². The number of hydrogen-bond acceptors (Lipinski definition) is 3. The van der Waals surface area contributed by atoms with Gasteiger partial charge >= 0.3 is 5.97 Å². The Bertz CT molecular complexity index is 1620. The van der Waals surface area contributed by atoms with Crippen LogP contribution in [0, 0.1) is 13.8 Å². The van der Waals surface area contributed by atoms with Gasteiger partial charge in [0.15, 0.2) is 5.78 Å². The van der Waals surface area contributed by atoms with E-state index in [-0.39, 0.29) is 17.0 Å². The van der Waals surface area contributed by atoms with E-state index >= 15 is 0 Å². The zero-order valence-corrected chi connectivity index (χ0v) is 19.7. The fraction of sp³-hybridized carbons (Fsp3) is 0.100. The van der Waals surface area contributed by atoms with Gasteiger partial charge in [-0.15, -0.1) is 0 Å². The number of rotatable bonds is 5. The maximum Gasteiger partial charge on any atom is 0.335 e. The molecular weight excluding hydrogens is 455 g/mol. The lowest BCUT2D eigenvalue weighted by Crippen LogP contribution is -2.16. The number of aromatic amines is 1. The van der Waals surface area contributed by atoms with Crippen LogP contribution < -0.4 is 0 Å². The largest absolute Gasteiger partial charge is 0.478 e. The van der Waals surface area contributed by atoms with Crippen LogP contribution in [0.3, 0.4) is 0 Å². The minimum absolute atomic E-state index is 0.0220. The van der Waals surface area contributed by atoms with Gasteiger partial charge in [-0.2, -0.15) is 0 Å². The minimum Gasteiger partial charge on any atom is -0.478 e. The smallest absolute Gasteiger partial charge is 0.335 e. The summed E-state index contributed by atoms with van der Waals surface area (Å²) in [6.45, 7) is 3.94. The molecule has 0 bridgehead atoms. The standard InChI is InChI=1S/C30H23FN2O3/c1-17-10-11-19(12-18(17)2)24-14-22(31)15-27(29(24)34)32-16-25-23-8-3-4-9-26(23)33-28(25)20-6-5-7-21(13-20)30(35)36/h3-16,24,33H,1-2H3,(H,35,36). The number of aliphatic imine (C=N–C) groups is 1. The first-order valence-corrected chi connectivity index (χ1v) is 11.5. The molecule has 0 saturated carbocycles. The van der Waals surface area contributed by atoms with Gasteiger partial charge in [0, 0.05) is 28.8 Å². The molecule has 1 aromatic heterocycles. The highest BCUT2D eigenvalue weighted by molar-refractivity contribution is 6.09. The highest BCUT2D eigenvalue weighted by Gasteiger charge is 2.27. The van der Waals surface area contributed by atoms with Crippen molar-refractivity contribution < 1.29 is 19.1 Å². The molecule has 36 heavy (non-hydrogen) atoms. The minimum atomic E-state index is -1.03. The van der Waals surface area contributed by atoms with Crippen LogP contribution in [-0.2, 0) is 4.79 Å². The lowest BCUT2D eigenvalue weighted by atomic mass is 9.88. The number of aromatic carboxylic acids is 1. The van der Waals surface area contributed by atoms with Crippen molar-refractivity contribution in [1.29, 1.82) is 0 Å². The van der Waals surface area contributed by atoms with Crippen molar-refractivity contribution in [2.45, 2.75) is 19.8 Å². The molecule has 1 aliphatic rings. The van der Waals surface area contributed by atoms with Crippen LogP contribution in [0.1, 0.15) is 38.5 Å². The van der Waals surface area contributed by atoms with E-state index in [0.717, 1.165) is 33.7 Å². The quantitative estimate of drug-likeness (QED) is 0.314. The second kappa shape index (κ2) is 9.23. The van der Waals surface area contributed by atoms with Gasteiger partial charge in [0.05, 0.1) is 17.2 Å². The number of nitrogens with one attached hydrogen (secondary N) is 1. The predicted molar refractivity (Wildman–Crippen MR) is 139 cm³/mol. The number of Topliss-reactive ketones (excluding diaryl/α,β-unsaturated/α-hetero) is 1.